The smallest absolute Gasteiger partial charge is 0.296 e. The number of fused-ring (bicyclic) bond motifs is 1. The second-order valence-corrected chi connectivity index (χ2v) is 10.3. The molecule has 1 heterocycles. The summed E-state index contributed by atoms with van der Waals surface area (Å²) in [7, 11) is -2.43. The van der Waals surface area contributed by atoms with Crippen LogP contribution < -0.4 is 0 Å². The van der Waals surface area contributed by atoms with Crippen LogP contribution in [0.3, 0.4) is 0 Å². The van der Waals surface area contributed by atoms with Crippen LogP contribution in [0.4, 0.5) is 0 Å². The summed E-state index contributed by atoms with van der Waals surface area (Å²) in [6, 6.07) is 4.84. The topological polar surface area (TPSA) is 72.2 Å². The summed E-state index contributed by atoms with van der Waals surface area (Å²) >= 11 is 0. The lowest BCUT2D eigenvalue weighted by molar-refractivity contribution is 0.483. The Hall–Kier alpha value is -1.40. The normalized spacial score (nSPS) is 12.1. The van der Waals surface area contributed by atoms with Crippen LogP contribution in [-0.2, 0) is 23.6 Å². The van der Waals surface area contributed by atoms with E-state index in [1.165, 1.54) is 96.0 Å². The van der Waals surface area contributed by atoms with Gasteiger partial charge in [0, 0.05) is 13.5 Å². The van der Waals surface area contributed by atoms with E-state index >= 15 is 0 Å². The molecule has 1 aromatic carbocycles. The van der Waals surface area contributed by atoms with E-state index in [0.29, 0.717) is 11.0 Å². The summed E-state index contributed by atoms with van der Waals surface area (Å²) in [4.78, 5) is 4.51. The predicted octanol–water partition coefficient (Wildman–Crippen LogP) is 7.23. The minimum absolute atomic E-state index is 0.0669. The summed E-state index contributed by atoms with van der Waals surface area (Å²) in [5.74, 6) is 0.876. The van der Waals surface area contributed by atoms with Gasteiger partial charge in [0.15, 0.2) is 0 Å². The van der Waals surface area contributed by atoms with Gasteiger partial charge in [-0.25, -0.2) is 4.98 Å². The molecule has 0 radical (unpaired) electrons. The molecule has 0 amide bonds. The van der Waals surface area contributed by atoms with Crippen molar-refractivity contribution in [2.45, 2.75) is 115 Å². The number of rotatable bonds is 17. The fourth-order valence-electron chi connectivity index (χ4n) is 4.37. The maximum atomic E-state index is 11.6. The van der Waals surface area contributed by atoms with Gasteiger partial charge >= 0.3 is 0 Å². The Labute approximate surface area is 189 Å². The van der Waals surface area contributed by atoms with Gasteiger partial charge in [0.1, 0.15) is 10.7 Å². The Morgan fingerprint density at radius 2 is 1.29 bits per heavy atom. The van der Waals surface area contributed by atoms with Crippen molar-refractivity contribution >= 4 is 21.2 Å². The number of hydrogen-bond acceptors (Lipinski definition) is 3. The number of aryl methyl sites for hydroxylation is 2. The fourth-order valence-corrected chi connectivity index (χ4v) is 5.10. The molecule has 2 rings (SSSR count). The van der Waals surface area contributed by atoms with Crippen LogP contribution in [0.5, 0.6) is 0 Å². The number of benzene rings is 1. The SMILES string of the molecule is CCCCCCCCCCCCCCCCCc1nc2cccc(S(=O)(=O)O)c2n1C. The highest BCUT2D eigenvalue weighted by Gasteiger charge is 2.18. The highest BCUT2D eigenvalue weighted by Crippen LogP contribution is 2.24. The first-order valence-electron chi connectivity index (χ1n) is 12.4. The molecule has 0 fully saturated rings. The van der Waals surface area contributed by atoms with E-state index in [9.17, 15) is 13.0 Å². The Morgan fingerprint density at radius 1 is 0.806 bits per heavy atom. The lowest BCUT2D eigenvalue weighted by Gasteiger charge is -2.05. The van der Waals surface area contributed by atoms with E-state index < -0.39 is 10.1 Å². The average molecular weight is 451 g/mol. The number of nitrogens with zero attached hydrogens (tertiary/aromatic N) is 2. The Bertz CT molecular complexity index is 874. The standard InChI is InChI=1S/C25H42N2O3S/c1-3-4-5-6-7-8-9-10-11-12-13-14-15-16-17-21-24-26-22-19-18-20-23(31(28,29)30)25(22)27(24)2/h18-20H,3-17,21H2,1-2H3,(H,28,29,30). The van der Waals surface area contributed by atoms with Gasteiger partial charge in [0.05, 0.1) is 11.0 Å². The number of hydrogen-bond donors (Lipinski definition) is 1. The molecule has 31 heavy (non-hydrogen) atoms. The molecule has 5 nitrogen and oxygen atoms in total. The number of aromatic nitrogens is 2. The van der Waals surface area contributed by atoms with Gasteiger partial charge in [0.2, 0.25) is 0 Å². The summed E-state index contributed by atoms with van der Waals surface area (Å²) in [5.41, 5.74) is 1.11. The maximum Gasteiger partial charge on any atom is 0.296 e. The molecule has 176 valence electrons. The Morgan fingerprint density at radius 3 is 1.77 bits per heavy atom. The third-order valence-electron chi connectivity index (χ3n) is 6.23. The van der Waals surface area contributed by atoms with Crippen LogP contribution in [0.2, 0.25) is 0 Å². The van der Waals surface area contributed by atoms with Crippen molar-refractivity contribution in [3.05, 3.63) is 24.0 Å². The van der Waals surface area contributed by atoms with Crippen LogP contribution in [-0.4, -0.2) is 22.5 Å². The zero-order chi connectivity index (χ0) is 22.5. The summed E-state index contributed by atoms with van der Waals surface area (Å²) in [6.45, 7) is 2.27. The maximum absolute atomic E-state index is 11.6. The van der Waals surface area contributed by atoms with Gasteiger partial charge in [0.25, 0.3) is 10.1 Å². The van der Waals surface area contributed by atoms with Gasteiger partial charge in [-0.05, 0) is 18.6 Å². The first-order valence-corrected chi connectivity index (χ1v) is 13.8. The second kappa shape index (κ2) is 13.9. The molecular weight excluding hydrogens is 408 g/mol. The minimum Gasteiger partial charge on any atom is -0.330 e. The van der Waals surface area contributed by atoms with E-state index in [1.807, 2.05) is 11.6 Å². The molecule has 0 aliphatic heterocycles. The molecular formula is C25H42N2O3S. The molecule has 0 unspecified atom stereocenters. The number of para-hydroxylation sites is 1. The summed E-state index contributed by atoms with van der Waals surface area (Å²) < 4.78 is 34.5. The van der Waals surface area contributed by atoms with E-state index in [0.717, 1.165) is 18.7 Å². The third-order valence-corrected chi connectivity index (χ3v) is 7.12. The monoisotopic (exact) mass is 450 g/mol. The lowest BCUT2D eigenvalue weighted by Crippen LogP contribution is -2.03. The largest absolute Gasteiger partial charge is 0.330 e. The molecule has 2 aromatic rings. The van der Waals surface area contributed by atoms with Gasteiger partial charge in [-0.15, -0.1) is 0 Å². The molecule has 6 heteroatoms. The van der Waals surface area contributed by atoms with Crippen LogP contribution >= 0.6 is 0 Å². The minimum atomic E-state index is -4.25. The zero-order valence-corrected chi connectivity index (χ0v) is 20.4. The molecule has 1 aromatic heterocycles. The van der Waals surface area contributed by atoms with Crippen LogP contribution in [0.25, 0.3) is 11.0 Å². The van der Waals surface area contributed by atoms with Crippen LogP contribution in [0, 0.1) is 0 Å². The van der Waals surface area contributed by atoms with Crippen molar-refractivity contribution in [3.8, 4) is 0 Å². The van der Waals surface area contributed by atoms with Crippen molar-refractivity contribution in [1.82, 2.24) is 9.55 Å². The van der Waals surface area contributed by atoms with Crippen molar-refractivity contribution in [3.63, 3.8) is 0 Å². The average Bonchev–Trinajstić information content (AvgIpc) is 3.06. The highest BCUT2D eigenvalue weighted by molar-refractivity contribution is 7.86. The zero-order valence-electron chi connectivity index (χ0n) is 19.6. The molecule has 0 spiro atoms. The van der Waals surface area contributed by atoms with E-state index in [2.05, 4.69) is 11.9 Å². The molecule has 0 bridgehead atoms. The Kier molecular flexibility index (Phi) is 11.6. The van der Waals surface area contributed by atoms with Crippen molar-refractivity contribution in [1.29, 1.82) is 0 Å². The van der Waals surface area contributed by atoms with Gasteiger partial charge in [-0.3, -0.25) is 4.55 Å². The first-order chi connectivity index (χ1) is 14.9. The van der Waals surface area contributed by atoms with E-state index in [-0.39, 0.29) is 4.90 Å². The van der Waals surface area contributed by atoms with Gasteiger partial charge in [-0.1, -0.05) is 103 Å². The second-order valence-electron chi connectivity index (χ2n) is 8.89. The predicted molar refractivity (Wildman–Crippen MR) is 129 cm³/mol. The molecule has 0 atom stereocenters. The third kappa shape index (κ3) is 8.93. The first kappa shape index (κ1) is 25.9. The summed E-state index contributed by atoms with van der Waals surface area (Å²) in [6.07, 6.45) is 20.9. The number of imidazole rings is 1. The van der Waals surface area contributed by atoms with Crippen molar-refractivity contribution in [2.24, 2.45) is 7.05 Å². The highest BCUT2D eigenvalue weighted by atomic mass is 32.2. The van der Waals surface area contributed by atoms with Crippen molar-refractivity contribution in [2.75, 3.05) is 0 Å². The van der Waals surface area contributed by atoms with Crippen LogP contribution in [0.1, 0.15) is 109 Å². The molecule has 0 saturated carbocycles. The van der Waals surface area contributed by atoms with Gasteiger partial charge in [-0.2, -0.15) is 8.42 Å². The summed E-state index contributed by atoms with van der Waals surface area (Å²) in [5, 5.41) is 0. The fraction of sp³-hybridized carbons (Fsp3) is 0.720. The lowest BCUT2D eigenvalue weighted by atomic mass is 10.0. The van der Waals surface area contributed by atoms with Crippen molar-refractivity contribution < 1.29 is 13.0 Å². The van der Waals surface area contributed by atoms with E-state index in [4.69, 9.17) is 0 Å². The molecule has 0 aliphatic carbocycles. The Balaban J connectivity index is 1.56. The molecule has 1 N–H and O–H groups in total. The van der Waals surface area contributed by atoms with Gasteiger partial charge < -0.3 is 4.57 Å². The van der Waals surface area contributed by atoms with E-state index in [1.54, 1.807) is 12.1 Å². The molecule has 0 saturated heterocycles. The number of unbranched alkanes of at least 4 members (excludes halogenated alkanes) is 14. The molecule has 0 aliphatic rings. The van der Waals surface area contributed by atoms with Crippen LogP contribution in [0.15, 0.2) is 23.1 Å². The quantitative estimate of drug-likeness (QED) is 0.204.